The Morgan fingerprint density at radius 2 is 1.60 bits per heavy atom. The quantitative estimate of drug-likeness (QED) is 0.534. The molecule has 0 aliphatic carbocycles. The second-order valence-electron chi connectivity index (χ2n) is 4.30. The molecule has 0 saturated heterocycles. The summed E-state index contributed by atoms with van der Waals surface area (Å²) in [4.78, 5) is 10.5. The van der Waals surface area contributed by atoms with Gasteiger partial charge in [-0.25, -0.2) is 0 Å². The first kappa shape index (κ1) is 14.6. The van der Waals surface area contributed by atoms with Crippen LogP contribution in [0.4, 0.5) is 0 Å². The molecule has 1 atom stereocenters. The monoisotopic (exact) mass is 212 g/mol. The number of nitrogens with two attached hydrogens (primary N) is 1. The molecule has 0 aromatic rings. The van der Waals surface area contributed by atoms with Crippen molar-refractivity contribution in [1.29, 1.82) is 0 Å². The normalized spacial score (nSPS) is 12.7. The summed E-state index contributed by atoms with van der Waals surface area (Å²) in [6.45, 7) is 2.84. The summed E-state index contributed by atoms with van der Waals surface area (Å²) in [6.07, 6.45) is 13.0. The fraction of sp³-hybridized carbons (Fsp3) is 0.923. The highest BCUT2D eigenvalue weighted by Gasteiger charge is 2.06. The second kappa shape index (κ2) is 11.7. The minimum Gasteiger partial charge on any atom is -0.330 e. The Labute approximate surface area is 94.6 Å². The molecule has 0 spiro atoms. The molecule has 0 saturated carbocycles. The molecule has 0 rings (SSSR count). The number of carbonyl (C=O) groups excluding carboxylic acids is 1. The Morgan fingerprint density at radius 3 is 2.13 bits per heavy atom. The van der Waals surface area contributed by atoms with Crippen LogP contribution in [-0.2, 0) is 4.79 Å². The zero-order valence-electron chi connectivity index (χ0n) is 10.1. The van der Waals surface area contributed by atoms with E-state index in [2.05, 4.69) is 13.2 Å². The van der Waals surface area contributed by atoms with E-state index in [4.69, 9.17) is 5.73 Å². The molecule has 0 fully saturated rings. The maximum Gasteiger partial charge on any atom is 0.201 e. The van der Waals surface area contributed by atoms with Gasteiger partial charge in [-0.2, -0.15) is 0 Å². The molecule has 89 valence electrons. The SMILES string of the molecule is CCCCCCCCCC([C]=O)CCN. The molecule has 0 aliphatic rings. The Bertz CT molecular complexity index is 136. The smallest absolute Gasteiger partial charge is 0.201 e. The largest absolute Gasteiger partial charge is 0.330 e. The summed E-state index contributed by atoms with van der Waals surface area (Å²) in [7, 11) is 0. The highest BCUT2D eigenvalue weighted by atomic mass is 16.1. The van der Waals surface area contributed by atoms with Gasteiger partial charge in [0.15, 0.2) is 0 Å². The molecule has 0 aliphatic heterocycles. The van der Waals surface area contributed by atoms with Crippen molar-refractivity contribution in [2.45, 2.75) is 64.7 Å². The minimum absolute atomic E-state index is 0.0886. The van der Waals surface area contributed by atoms with Gasteiger partial charge in [-0.3, -0.25) is 4.79 Å². The van der Waals surface area contributed by atoms with Crippen molar-refractivity contribution in [2.24, 2.45) is 11.7 Å². The number of hydrogen-bond acceptors (Lipinski definition) is 2. The number of unbranched alkanes of at least 4 members (excludes halogenated alkanes) is 6. The van der Waals surface area contributed by atoms with Gasteiger partial charge in [0, 0.05) is 5.92 Å². The van der Waals surface area contributed by atoms with Gasteiger partial charge < -0.3 is 5.73 Å². The molecule has 0 aromatic carbocycles. The summed E-state index contributed by atoms with van der Waals surface area (Å²) < 4.78 is 0. The van der Waals surface area contributed by atoms with Crippen LogP contribution >= 0.6 is 0 Å². The van der Waals surface area contributed by atoms with Crippen LogP contribution in [0.3, 0.4) is 0 Å². The molecule has 0 heterocycles. The van der Waals surface area contributed by atoms with E-state index >= 15 is 0 Å². The zero-order chi connectivity index (χ0) is 11.4. The average Bonchev–Trinajstić information content (AvgIpc) is 2.26. The fourth-order valence-corrected chi connectivity index (χ4v) is 1.81. The predicted octanol–water partition coefficient (Wildman–Crippen LogP) is 3.20. The van der Waals surface area contributed by atoms with E-state index in [-0.39, 0.29) is 5.92 Å². The van der Waals surface area contributed by atoms with E-state index in [0.717, 1.165) is 19.3 Å². The molecule has 2 N–H and O–H groups in total. The van der Waals surface area contributed by atoms with Crippen LogP contribution in [-0.4, -0.2) is 12.8 Å². The molecule has 2 heteroatoms. The third-order valence-corrected chi connectivity index (χ3v) is 2.84. The summed E-state index contributed by atoms with van der Waals surface area (Å²) in [6, 6.07) is 0. The number of hydrogen-bond donors (Lipinski definition) is 1. The van der Waals surface area contributed by atoms with Gasteiger partial charge in [0.1, 0.15) is 0 Å². The number of rotatable bonds is 11. The van der Waals surface area contributed by atoms with E-state index in [1.807, 2.05) is 0 Å². The molecule has 2 nitrogen and oxygen atoms in total. The lowest BCUT2D eigenvalue weighted by molar-refractivity contribution is 0.471. The highest BCUT2D eigenvalue weighted by Crippen LogP contribution is 2.13. The summed E-state index contributed by atoms with van der Waals surface area (Å²) in [5, 5.41) is 0. The first-order valence-corrected chi connectivity index (χ1v) is 6.42. The van der Waals surface area contributed by atoms with Crippen LogP contribution in [0.2, 0.25) is 0 Å². The topological polar surface area (TPSA) is 43.1 Å². The van der Waals surface area contributed by atoms with Crippen LogP contribution in [0.15, 0.2) is 0 Å². The lowest BCUT2D eigenvalue weighted by Crippen LogP contribution is -2.09. The van der Waals surface area contributed by atoms with Crippen molar-refractivity contribution in [3.05, 3.63) is 0 Å². The predicted molar refractivity (Wildman–Crippen MR) is 65.5 cm³/mol. The fourth-order valence-electron chi connectivity index (χ4n) is 1.81. The van der Waals surface area contributed by atoms with E-state index in [0.29, 0.717) is 6.54 Å². The van der Waals surface area contributed by atoms with E-state index < -0.39 is 0 Å². The summed E-state index contributed by atoms with van der Waals surface area (Å²) >= 11 is 0. The van der Waals surface area contributed by atoms with E-state index in [9.17, 15) is 4.79 Å². The third-order valence-electron chi connectivity index (χ3n) is 2.84. The van der Waals surface area contributed by atoms with E-state index in [1.54, 1.807) is 0 Å². The van der Waals surface area contributed by atoms with Crippen LogP contribution in [0.1, 0.15) is 64.7 Å². The van der Waals surface area contributed by atoms with Crippen LogP contribution in [0.25, 0.3) is 0 Å². The summed E-state index contributed by atoms with van der Waals surface area (Å²) in [5.74, 6) is 0.0886. The molecule has 1 radical (unpaired) electrons. The van der Waals surface area contributed by atoms with Crippen molar-refractivity contribution >= 4 is 6.29 Å². The van der Waals surface area contributed by atoms with Crippen molar-refractivity contribution in [2.75, 3.05) is 6.54 Å². The van der Waals surface area contributed by atoms with Gasteiger partial charge >= 0.3 is 0 Å². The maximum absolute atomic E-state index is 10.5. The molecule has 0 aromatic heterocycles. The Kier molecular flexibility index (Phi) is 11.4. The highest BCUT2D eigenvalue weighted by molar-refractivity contribution is 5.54. The van der Waals surface area contributed by atoms with Gasteiger partial charge in [0.25, 0.3) is 0 Å². The molecule has 0 bridgehead atoms. The summed E-state index contributed by atoms with van der Waals surface area (Å²) in [5.41, 5.74) is 5.41. The average molecular weight is 212 g/mol. The van der Waals surface area contributed by atoms with Gasteiger partial charge in [0.05, 0.1) is 0 Å². The van der Waals surface area contributed by atoms with Crippen molar-refractivity contribution in [1.82, 2.24) is 0 Å². The molecular weight excluding hydrogens is 186 g/mol. The van der Waals surface area contributed by atoms with Gasteiger partial charge in [0.2, 0.25) is 6.29 Å². The standard InChI is InChI=1S/C13H26NO/c1-2-3-4-5-6-7-8-9-13(12-15)10-11-14/h13H,2-11,14H2,1H3. The molecule has 1 unspecified atom stereocenters. The van der Waals surface area contributed by atoms with Crippen LogP contribution in [0.5, 0.6) is 0 Å². The van der Waals surface area contributed by atoms with E-state index in [1.165, 1.54) is 38.5 Å². The lowest BCUT2D eigenvalue weighted by atomic mass is 9.98. The Hall–Kier alpha value is -0.370. The van der Waals surface area contributed by atoms with Gasteiger partial charge in [-0.1, -0.05) is 51.9 Å². The first-order chi connectivity index (χ1) is 7.35. The second-order valence-corrected chi connectivity index (χ2v) is 4.30. The van der Waals surface area contributed by atoms with Crippen molar-refractivity contribution < 1.29 is 4.79 Å². The lowest BCUT2D eigenvalue weighted by Gasteiger charge is -2.07. The minimum atomic E-state index is 0.0886. The Morgan fingerprint density at radius 1 is 1.00 bits per heavy atom. The van der Waals surface area contributed by atoms with Gasteiger partial charge in [-0.05, 0) is 19.4 Å². The molecule has 15 heavy (non-hydrogen) atoms. The molecule has 0 amide bonds. The van der Waals surface area contributed by atoms with Crippen molar-refractivity contribution in [3.8, 4) is 0 Å². The van der Waals surface area contributed by atoms with Crippen LogP contribution < -0.4 is 5.73 Å². The zero-order valence-corrected chi connectivity index (χ0v) is 10.1. The van der Waals surface area contributed by atoms with Crippen LogP contribution in [0, 0.1) is 5.92 Å². The first-order valence-electron chi connectivity index (χ1n) is 6.42. The molecular formula is C13H26NO. The third kappa shape index (κ3) is 9.92. The van der Waals surface area contributed by atoms with Crippen molar-refractivity contribution in [3.63, 3.8) is 0 Å². The maximum atomic E-state index is 10.5. The Balaban J connectivity index is 3.17. The van der Waals surface area contributed by atoms with Gasteiger partial charge in [-0.15, -0.1) is 0 Å².